The molecule has 0 atom stereocenters. The van der Waals surface area contributed by atoms with Crippen molar-refractivity contribution in [3.8, 4) is 5.75 Å². The van der Waals surface area contributed by atoms with Gasteiger partial charge in [0.1, 0.15) is 22.5 Å². The van der Waals surface area contributed by atoms with Crippen molar-refractivity contribution in [3.05, 3.63) is 41.3 Å². The molecule has 0 fully saturated rings. The van der Waals surface area contributed by atoms with Crippen LogP contribution in [-0.2, 0) is 6.42 Å². The van der Waals surface area contributed by atoms with Crippen molar-refractivity contribution in [1.29, 1.82) is 0 Å². The molecule has 0 aliphatic carbocycles. The molecule has 0 aliphatic rings. The molecule has 0 spiro atoms. The summed E-state index contributed by atoms with van der Waals surface area (Å²) in [6.45, 7) is 1.87. The summed E-state index contributed by atoms with van der Waals surface area (Å²) in [6.07, 6.45) is -4.14. The highest BCUT2D eigenvalue weighted by Crippen LogP contribution is 2.26. The maximum atomic E-state index is 12.2. The van der Waals surface area contributed by atoms with Crippen LogP contribution in [0, 0.1) is 0 Å². The molecule has 21 heavy (non-hydrogen) atoms. The number of aromatic nitrogens is 2. The number of nitrogens with zero attached hydrogens (tertiary/aromatic N) is 2. The normalized spacial score (nSPS) is 11.3. The Hall–Kier alpha value is -2.02. The molecule has 1 heterocycles. The van der Waals surface area contributed by atoms with Crippen LogP contribution < -0.4 is 10.1 Å². The Kier molecular flexibility index (Phi) is 4.52. The molecule has 0 saturated heterocycles. The van der Waals surface area contributed by atoms with Crippen molar-refractivity contribution in [2.45, 2.75) is 19.7 Å². The topological polar surface area (TPSA) is 47.0 Å². The van der Waals surface area contributed by atoms with Gasteiger partial charge in [-0.05, 0) is 12.1 Å². The minimum absolute atomic E-state index is 0.257. The van der Waals surface area contributed by atoms with E-state index < -0.39 is 6.36 Å². The number of benzene rings is 1. The number of rotatable bonds is 4. The summed E-state index contributed by atoms with van der Waals surface area (Å²) in [5, 5.41) is 3.12. The van der Waals surface area contributed by atoms with Gasteiger partial charge in [0.2, 0.25) is 0 Å². The summed E-state index contributed by atoms with van der Waals surface area (Å²) in [5.74, 6) is 0.618. The minimum atomic E-state index is -4.73. The maximum absolute atomic E-state index is 12.2. The van der Waals surface area contributed by atoms with Gasteiger partial charge in [0.15, 0.2) is 0 Å². The summed E-state index contributed by atoms with van der Waals surface area (Å²) in [5.41, 5.74) is 0.397. The van der Waals surface area contributed by atoms with Gasteiger partial charge in [-0.1, -0.05) is 24.6 Å². The fourth-order valence-corrected chi connectivity index (χ4v) is 1.81. The highest BCUT2D eigenvalue weighted by atomic mass is 35.5. The highest BCUT2D eigenvalue weighted by Gasteiger charge is 2.31. The van der Waals surface area contributed by atoms with Crippen LogP contribution in [0.3, 0.4) is 0 Å². The number of aryl methyl sites for hydroxylation is 1. The first-order valence-corrected chi connectivity index (χ1v) is 6.40. The number of nitrogens with one attached hydrogen (secondary N) is 1. The van der Waals surface area contributed by atoms with Gasteiger partial charge in [-0.25, -0.2) is 9.97 Å². The summed E-state index contributed by atoms with van der Waals surface area (Å²) in [7, 11) is 0. The molecule has 2 aromatic rings. The SMILES string of the molecule is CCc1nc(Cl)cc(Nc2cccc(OC(F)(F)F)c2)n1. The van der Waals surface area contributed by atoms with Gasteiger partial charge in [-0.15, -0.1) is 13.2 Å². The Morgan fingerprint density at radius 2 is 2.00 bits per heavy atom. The number of alkyl halides is 3. The van der Waals surface area contributed by atoms with Crippen LogP contribution in [0.15, 0.2) is 30.3 Å². The second-order valence-corrected chi connectivity index (χ2v) is 4.43. The minimum Gasteiger partial charge on any atom is -0.406 e. The number of anilines is 2. The molecule has 0 bridgehead atoms. The van der Waals surface area contributed by atoms with Crippen LogP contribution in [0.1, 0.15) is 12.7 Å². The van der Waals surface area contributed by atoms with Crippen LogP contribution in [-0.4, -0.2) is 16.3 Å². The lowest BCUT2D eigenvalue weighted by molar-refractivity contribution is -0.274. The summed E-state index contributed by atoms with van der Waals surface area (Å²) in [6, 6.07) is 6.94. The lowest BCUT2D eigenvalue weighted by atomic mass is 10.3. The van der Waals surface area contributed by atoms with Gasteiger partial charge < -0.3 is 10.1 Å². The quantitative estimate of drug-likeness (QED) is 0.852. The highest BCUT2D eigenvalue weighted by molar-refractivity contribution is 6.29. The number of halogens is 4. The lowest BCUT2D eigenvalue weighted by Crippen LogP contribution is -2.17. The number of ether oxygens (including phenoxy) is 1. The molecular formula is C13H11ClF3N3O. The predicted molar refractivity (Wildman–Crippen MR) is 72.8 cm³/mol. The number of hydrogen-bond donors (Lipinski definition) is 1. The summed E-state index contributed by atoms with van der Waals surface area (Å²) in [4.78, 5) is 8.18. The van der Waals surface area contributed by atoms with Crippen molar-refractivity contribution in [2.24, 2.45) is 0 Å². The maximum Gasteiger partial charge on any atom is 0.573 e. The summed E-state index contributed by atoms with van der Waals surface area (Å²) < 4.78 is 40.4. The van der Waals surface area contributed by atoms with Crippen molar-refractivity contribution in [3.63, 3.8) is 0 Å². The third-order valence-electron chi connectivity index (χ3n) is 2.40. The van der Waals surface area contributed by atoms with Crippen LogP contribution >= 0.6 is 11.6 Å². The average Bonchev–Trinajstić information content (AvgIpc) is 2.36. The van der Waals surface area contributed by atoms with E-state index in [9.17, 15) is 13.2 Å². The molecule has 112 valence electrons. The fourth-order valence-electron chi connectivity index (χ4n) is 1.61. The largest absolute Gasteiger partial charge is 0.573 e. The first kappa shape index (κ1) is 15.4. The van der Waals surface area contributed by atoms with E-state index in [1.54, 1.807) is 6.07 Å². The lowest BCUT2D eigenvalue weighted by Gasteiger charge is -2.11. The van der Waals surface area contributed by atoms with E-state index in [1.165, 1.54) is 24.3 Å². The first-order valence-electron chi connectivity index (χ1n) is 6.02. The van der Waals surface area contributed by atoms with E-state index in [0.717, 1.165) is 0 Å². The van der Waals surface area contributed by atoms with E-state index in [2.05, 4.69) is 20.0 Å². The van der Waals surface area contributed by atoms with Crippen LogP contribution in [0.4, 0.5) is 24.7 Å². The molecule has 1 aromatic carbocycles. The zero-order valence-corrected chi connectivity index (χ0v) is 11.7. The smallest absolute Gasteiger partial charge is 0.406 e. The van der Waals surface area contributed by atoms with Crippen LogP contribution in [0.5, 0.6) is 5.75 Å². The number of hydrogen-bond acceptors (Lipinski definition) is 4. The molecule has 1 N–H and O–H groups in total. The Morgan fingerprint density at radius 1 is 1.24 bits per heavy atom. The van der Waals surface area contributed by atoms with Gasteiger partial charge in [-0.2, -0.15) is 0 Å². The second-order valence-electron chi connectivity index (χ2n) is 4.05. The van der Waals surface area contributed by atoms with Gasteiger partial charge in [-0.3, -0.25) is 0 Å². The monoisotopic (exact) mass is 317 g/mol. The molecule has 0 amide bonds. The van der Waals surface area contributed by atoms with Crippen molar-refractivity contribution in [2.75, 3.05) is 5.32 Å². The first-order chi connectivity index (χ1) is 9.85. The Labute approximate surface area is 123 Å². The van der Waals surface area contributed by atoms with Crippen molar-refractivity contribution < 1.29 is 17.9 Å². The standard InChI is InChI=1S/C13H11ClF3N3O/c1-2-11-19-10(14)7-12(20-11)18-8-4-3-5-9(6-8)21-13(15,16)17/h3-7H,2H2,1H3,(H,18,19,20). The predicted octanol–water partition coefficient (Wildman–Crippen LogP) is 4.33. The average molecular weight is 318 g/mol. The molecule has 0 saturated carbocycles. The Bertz CT molecular complexity index is 634. The van der Waals surface area contributed by atoms with Crippen molar-refractivity contribution >= 4 is 23.1 Å². The fraction of sp³-hybridized carbons (Fsp3) is 0.231. The van der Waals surface area contributed by atoms with E-state index in [-0.39, 0.29) is 10.9 Å². The van der Waals surface area contributed by atoms with E-state index >= 15 is 0 Å². The van der Waals surface area contributed by atoms with Crippen LogP contribution in [0.25, 0.3) is 0 Å². The molecule has 1 aromatic heterocycles. The Balaban J connectivity index is 2.20. The van der Waals surface area contributed by atoms with Crippen molar-refractivity contribution in [1.82, 2.24) is 9.97 Å². The molecular weight excluding hydrogens is 307 g/mol. The molecule has 0 unspecified atom stereocenters. The Morgan fingerprint density at radius 3 is 2.67 bits per heavy atom. The van der Waals surface area contributed by atoms with E-state index in [0.29, 0.717) is 23.8 Å². The molecule has 4 nitrogen and oxygen atoms in total. The summed E-state index contributed by atoms with van der Waals surface area (Å²) >= 11 is 5.85. The van der Waals surface area contributed by atoms with Gasteiger partial charge >= 0.3 is 6.36 Å². The molecule has 0 aliphatic heterocycles. The molecule has 2 rings (SSSR count). The van der Waals surface area contributed by atoms with Gasteiger partial charge in [0.05, 0.1) is 0 Å². The zero-order chi connectivity index (χ0) is 15.5. The van der Waals surface area contributed by atoms with Gasteiger partial charge in [0, 0.05) is 24.2 Å². The zero-order valence-electron chi connectivity index (χ0n) is 10.9. The van der Waals surface area contributed by atoms with E-state index in [1.807, 2.05) is 6.92 Å². The van der Waals surface area contributed by atoms with Crippen LogP contribution in [0.2, 0.25) is 5.15 Å². The molecule has 8 heteroatoms. The van der Waals surface area contributed by atoms with E-state index in [4.69, 9.17) is 11.6 Å². The molecule has 0 radical (unpaired) electrons. The van der Waals surface area contributed by atoms with Gasteiger partial charge in [0.25, 0.3) is 0 Å². The third-order valence-corrected chi connectivity index (χ3v) is 2.59. The second kappa shape index (κ2) is 6.17. The third kappa shape index (κ3) is 4.78.